The Bertz CT molecular complexity index is 582. The molecule has 106 valence electrons. The summed E-state index contributed by atoms with van der Waals surface area (Å²) in [6, 6.07) is 9.67. The molecule has 0 fully saturated rings. The Morgan fingerprint density at radius 3 is 2.65 bits per heavy atom. The van der Waals surface area contributed by atoms with Crippen molar-refractivity contribution in [3.05, 3.63) is 46.7 Å². The van der Waals surface area contributed by atoms with Crippen molar-refractivity contribution < 1.29 is 0 Å². The molecule has 0 aliphatic rings. The van der Waals surface area contributed by atoms with Crippen LogP contribution in [-0.2, 0) is 6.54 Å². The van der Waals surface area contributed by atoms with E-state index in [4.69, 9.17) is 11.6 Å². The van der Waals surface area contributed by atoms with Gasteiger partial charge < -0.3 is 5.32 Å². The van der Waals surface area contributed by atoms with Crippen LogP contribution in [0.4, 0.5) is 0 Å². The van der Waals surface area contributed by atoms with Crippen LogP contribution in [0.15, 0.2) is 30.3 Å². The Kier molecular flexibility index (Phi) is 5.10. The van der Waals surface area contributed by atoms with E-state index >= 15 is 0 Å². The molecule has 1 aromatic heterocycles. The van der Waals surface area contributed by atoms with Crippen molar-refractivity contribution in [3.8, 4) is 11.4 Å². The van der Waals surface area contributed by atoms with Crippen molar-refractivity contribution in [1.29, 1.82) is 0 Å². The number of aromatic nitrogens is 2. The molecule has 0 unspecified atom stereocenters. The van der Waals surface area contributed by atoms with Gasteiger partial charge in [0.25, 0.3) is 0 Å². The van der Waals surface area contributed by atoms with Gasteiger partial charge in [-0.25, -0.2) is 9.97 Å². The van der Waals surface area contributed by atoms with Crippen molar-refractivity contribution in [2.24, 2.45) is 5.92 Å². The first-order valence-electron chi connectivity index (χ1n) is 6.86. The van der Waals surface area contributed by atoms with E-state index < -0.39 is 0 Å². The maximum atomic E-state index is 6.21. The lowest BCUT2D eigenvalue weighted by molar-refractivity contribution is 0.548. The number of nitrogens with zero attached hydrogens (tertiary/aromatic N) is 2. The van der Waals surface area contributed by atoms with Crippen LogP contribution < -0.4 is 5.32 Å². The van der Waals surface area contributed by atoms with Crippen LogP contribution in [-0.4, -0.2) is 16.5 Å². The minimum Gasteiger partial charge on any atom is -0.311 e. The number of benzene rings is 1. The summed E-state index contributed by atoms with van der Waals surface area (Å²) in [5.41, 5.74) is 2.83. The standard InChI is InChI=1S/C16H20ClN3/c1-11(2)9-18-10-13-8-12(3)19-16(20-13)14-6-4-5-7-15(14)17/h4-8,11,18H,9-10H2,1-3H3. The van der Waals surface area contributed by atoms with E-state index in [-0.39, 0.29) is 0 Å². The molecule has 0 atom stereocenters. The van der Waals surface area contributed by atoms with E-state index in [1.54, 1.807) is 0 Å². The molecule has 0 aliphatic carbocycles. The SMILES string of the molecule is Cc1cc(CNCC(C)C)nc(-c2ccccc2Cl)n1. The highest BCUT2D eigenvalue weighted by Gasteiger charge is 2.08. The van der Waals surface area contributed by atoms with Crippen LogP contribution in [0.3, 0.4) is 0 Å². The number of halogens is 1. The molecule has 0 amide bonds. The van der Waals surface area contributed by atoms with Crippen LogP contribution in [0.5, 0.6) is 0 Å². The summed E-state index contributed by atoms with van der Waals surface area (Å²) in [6.07, 6.45) is 0. The van der Waals surface area contributed by atoms with Gasteiger partial charge in [0.05, 0.1) is 10.7 Å². The molecular weight excluding hydrogens is 270 g/mol. The van der Waals surface area contributed by atoms with Gasteiger partial charge in [0, 0.05) is 17.8 Å². The van der Waals surface area contributed by atoms with E-state index in [1.807, 2.05) is 37.3 Å². The second kappa shape index (κ2) is 6.82. The highest BCUT2D eigenvalue weighted by Crippen LogP contribution is 2.24. The first kappa shape index (κ1) is 14.9. The van der Waals surface area contributed by atoms with Gasteiger partial charge in [-0.05, 0) is 37.6 Å². The van der Waals surface area contributed by atoms with Crippen LogP contribution in [0.25, 0.3) is 11.4 Å². The second-order valence-corrected chi connectivity index (χ2v) is 5.74. The lowest BCUT2D eigenvalue weighted by Gasteiger charge is -2.09. The zero-order chi connectivity index (χ0) is 14.5. The van der Waals surface area contributed by atoms with Crippen molar-refractivity contribution in [1.82, 2.24) is 15.3 Å². The number of nitrogens with one attached hydrogen (secondary N) is 1. The van der Waals surface area contributed by atoms with Gasteiger partial charge in [-0.1, -0.05) is 37.6 Å². The van der Waals surface area contributed by atoms with E-state index in [0.717, 1.165) is 30.0 Å². The van der Waals surface area contributed by atoms with Gasteiger partial charge >= 0.3 is 0 Å². The van der Waals surface area contributed by atoms with Gasteiger partial charge in [0.1, 0.15) is 0 Å². The fraction of sp³-hybridized carbons (Fsp3) is 0.375. The predicted molar refractivity (Wildman–Crippen MR) is 83.8 cm³/mol. The quantitative estimate of drug-likeness (QED) is 0.908. The average molecular weight is 290 g/mol. The van der Waals surface area contributed by atoms with Crippen LogP contribution in [0.2, 0.25) is 5.02 Å². The van der Waals surface area contributed by atoms with Crippen LogP contribution in [0, 0.1) is 12.8 Å². The van der Waals surface area contributed by atoms with Crippen molar-refractivity contribution in [2.75, 3.05) is 6.54 Å². The molecule has 3 nitrogen and oxygen atoms in total. The third-order valence-electron chi connectivity index (χ3n) is 2.88. The third kappa shape index (κ3) is 4.02. The zero-order valence-corrected chi connectivity index (χ0v) is 12.9. The van der Waals surface area contributed by atoms with Gasteiger partial charge in [0.15, 0.2) is 5.82 Å². The summed E-state index contributed by atoms with van der Waals surface area (Å²) in [5.74, 6) is 1.32. The van der Waals surface area contributed by atoms with Gasteiger partial charge in [0.2, 0.25) is 0 Å². The van der Waals surface area contributed by atoms with Crippen molar-refractivity contribution in [3.63, 3.8) is 0 Å². The fourth-order valence-electron chi connectivity index (χ4n) is 1.98. The molecule has 0 bridgehead atoms. The van der Waals surface area contributed by atoms with Crippen LogP contribution in [0.1, 0.15) is 25.2 Å². The molecule has 1 heterocycles. The Hall–Kier alpha value is -1.45. The molecule has 0 saturated carbocycles. The molecule has 4 heteroatoms. The molecule has 2 rings (SSSR count). The molecule has 0 spiro atoms. The smallest absolute Gasteiger partial charge is 0.161 e. The maximum Gasteiger partial charge on any atom is 0.161 e. The lowest BCUT2D eigenvalue weighted by atomic mass is 10.2. The monoisotopic (exact) mass is 289 g/mol. The first-order valence-corrected chi connectivity index (χ1v) is 7.24. The third-order valence-corrected chi connectivity index (χ3v) is 3.21. The Morgan fingerprint density at radius 2 is 1.95 bits per heavy atom. The molecule has 2 aromatic rings. The number of hydrogen-bond donors (Lipinski definition) is 1. The minimum absolute atomic E-state index is 0.626. The summed E-state index contributed by atoms with van der Waals surface area (Å²) >= 11 is 6.21. The van der Waals surface area contributed by atoms with E-state index in [2.05, 4.69) is 29.1 Å². The number of rotatable bonds is 5. The highest BCUT2D eigenvalue weighted by atomic mass is 35.5. The summed E-state index contributed by atoms with van der Waals surface area (Å²) in [5, 5.41) is 4.08. The summed E-state index contributed by atoms with van der Waals surface area (Å²) < 4.78 is 0. The van der Waals surface area contributed by atoms with Gasteiger partial charge in [-0.2, -0.15) is 0 Å². The van der Waals surface area contributed by atoms with Crippen LogP contribution >= 0.6 is 11.6 Å². The molecule has 0 aliphatic heterocycles. The summed E-state index contributed by atoms with van der Waals surface area (Å²) in [6.45, 7) is 8.08. The summed E-state index contributed by atoms with van der Waals surface area (Å²) in [4.78, 5) is 9.09. The topological polar surface area (TPSA) is 37.8 Å². The molecule has 0 saturated heterocycles. The maximum absolute atomic E-state index is 6.21. The van der Waals surface area contributed by atoms with Gasteiger partial charge in [-0.15, -0.1) is 0 Å². The molecule has 1 aromatic carbocycles. The van der Waals surface area contributed by atoms with E-state index in [1.165, 1.54) is 0 Å². The predicted octanol–water partition coefficient (Wildman–Crippen LogP) is 3.85. The normalized spacial score (nSPS) is 11.1. The second-order valence-electron chi connectivity index (χ2n) is 5.33. The molecule has 0 radical (unpaired) electrons. The number of aryl methyl sites for hydroxylation is 1. The van der Waals surface area contributed by atoms with E-state index in [9.17, 15) is 0 Å². The largest absolute Gasteiger partial charge is 0.311 e. The lowest BCUT2D eigenvalue weighted by Crippen LogP contribution is -2.20. The average Bonchev–Trinajstić information content (AvgIpc) is 2.38. The fourth-order valence-corrected chi connectivity index (χ4v) is 2.20. The Balaban J connectivity index is 2.23. The first-order chi connectivity index (χ1) is 9.56. The molecule has 1 N–H and O–H groups in total. The molecule has 20 heavy (non-hydrogen) atoms. The van der Waals surface area contributed by atoms with Crippen molar-refractivity contribution >= 4 is 11.6 Å². The Labute approximate surface area is 125 Å². The number of hydrogen-bond acceptors (Lipinski definition) is 3. The van der Waals surface area contributed by atoms with Gasteiger partial charge in [-0.3, -0.25) is 0 Å². The summed E-state index contributed by atoms with van der Waals surface area (Å²) in [7, 11) is 0. The zero-order valence-electron chi connectivity index (χ0n) is 12.2. The van der Waals surface area contributed by atoms with E-state index in [0.29, 0.717) is 16.8 Å². The van der Waals surface area contributed by atoms with Crippen molar-refractivity contribution in [2.45, 2.75) is 27.3 Å². The minimum atomic E-state index is 0.626. The highest BCUT2D eigenvalue weighted by molar-refractivity contribution is 6.33. The molecular formula is C16H20ClN3. The Morgan fingerprint density at radius 1 is 1.20 bits per heavy atom.